The lowest BCUT2D eigenvalue weighted by Crippen LogP contribution is -2.51. The van der Waals surface area contributed by atoms with Crippen molar-refractivity contribution >= 4 is 15.9 Å². The summed E-state index contributed by atoms with van der Waals surface area (Å²) in [6, 6.07) is 9.30. The van der Waals surface area contributed by atoms with E-state index in [2.05, 4.69) is 4.74 Å². The number of methoxy groups -OCH3 is 1. The van der Waals surface area contributed by atoms with Gasteiger partial charge in [0.2, 0.25) is 10.0 Å². The van der Waals surface area contributed by atoms with Crippen LogP contribution in [0.15, 0.2) is 47.4 Å². The first-order valence-electron chi connectivity index (χ1n) is 9.91. The van der Waals surface area contributed by atoms with Crippen molar-refractivity contribution in [2.24, 2.45) is 0 Å². The van der Waals surface area contributed by atoms with E-state index in [1.54, 1.807) is 12.1 Å². The number of nitrogens with zero attached hydrogens (tertiary/aromatic N) is 2. The van der Waals surface area contributed by atoms with Crippen molar-refractivity contribution < 1.29 is 40.6 Å². The van der Waals surface area contributed by atoms with E-state index in [-0.39, 0.29) is 43.6 Å². The number of benzene rings is 2. The first-order chi connectivity index (χ1) is 15.5. The molecule has 0 saturated carbocycles. The predicted octanol–water partition coefficient (Wildman–Crippen LogP) is 2.81. The molecule has 33 heavy (non-hydrogen) atoms. The summed E-state index contributed by atoms with van der Waals surface area (Å²) in [5.41, 5.74) is 0.977. The zero-order chi connectivity index (χ0) is 24.2. The first kappa shape index (κ1) is 24.6. The van der Waals surface area contributed by atoms with Crippen LogP contribution in [-0.2, 0) is 14.8 Å². The molecule has 0 aliphatic carbocycles. The molecule has 2 aromatic carbocycles. The second-order valence-corrected chi connectivity index (χ2v) is 9.19. The smallest absolute Gasteiger partial charge is 0.493 e. The summed E-state index contributed by atoms with van der Waals surface area (Å²) in [5.74, 6) is 0.117. The minimum Gasteiger partial charge on any atom is -0.493 e. The fourth-order valence-electron chi connectivity index (χ4n) is 3.27. The highest BCUT2D eigenvalue weighted by molar-refractivity contribution is 7.89. The van der Waals surface area contributed by atoms with Crippen molar-refractivity contribution in [3.8, 4) is 17.2 Å². The molecule has 12 heteroatoms. The second-order valence-electron chi connectivity index (χ2n) is 7.25. The maximum atomic E-state index is 12.8. The van der Waals surface area contributed by atoms with E-state index in [9.17, 15) is 26.4 Å². The number of rotatable bonds is 7. The minimum atomic E-state index is -4.86. The number of aryl methyl sites for hydroxylation is 1. The Labute approximate surface area is 189 Å². The molecule has 0 spiro atoms. The van der Waals surface area contributed by atoms with Crippen LogP contribution in [0, 0.1) is 6.92 Å². The lowest BCUT2D eigenvalue weighted by molar-refractivity contribution is -0.274. The van der Waals surface area contributed by atoms with Crippen LogP contribution in [0.3, 0.4) is 0 Å². The average molecular weight is 488 g/mol. The highest BCUT2D eigenvalue weighted by atomic mass is 32.2. The zero-order valence-corrected chi connectivity index (χ0v) is 18.8. The number of carbonyl (C=O) groups is 1. The largest absolute Gasteiger partial charge is 0.573 e. The number of ether oxygens (including phenoxy) is 3. The average Bonchev–Trinajstić information content (AvgIpc) is 2.77. The van der Waals surface area contributed by atoms with Crippen molar-refractivity contribution in [1.29, 1.82) is 0 Å². The van der Waals surface area contributed by atoms with Crippen molar-refractivity contribution in [2.75, 3.05) is 39.9 Å². The van der Waals surface area contributed by atoms with Crippen LogP contribution in [0.25, 0.3) is 0 Å². The van der Waals surface area contributed by atoms with Crippen LogP contribution < -0.4 is 14.2 Å². The van der Waals surface area contributed by atoms with Crippen molar-refractivity contribution in [3.63, 3.8) is 0 Å². The van der Waals surface area contributed by atoms with Crippen molar-refractivity contribution in [2.45, 2.75) is 18.2 Å². The molecule has 1 amide bonds. The van der Waals surface area contributed by atoms with E-state index in [1.165, 1.54) is 16.3 Å². The lowest BCUT2D eigenvalue weighted by atomic mass is 10.2. The quantitative estimate of drug-likeness (QED) is 0.596. The Bertz CT molecular complexity index is 1080. The fourth-order valence-corrected chi connectivity index (χ4v) is 4.69. The van der Waals surface area contributed by atoms with Gasteiger partial charge >= 0.3 is 6.36 Å². The van der Waals surface area contributed by atoms with E-state index < -0.39 is 22.1 Å². The Kier molecular flexibility index (Phi) is 7.38. The van der Waals surface area contributed by atoms with Gasteiger partial charge in [-0.25, -0.2) is 8.42 Å². The fraction of sp³-hybridized carbons (Fsp3) is 0.381. The van der Waals surface area contributed by atoms with Crippen molar-refractivity contribution in [1.82, 2.24) is 9.21 Å². The van der Waals surface area contributed by atoms with Gasteiger partial charge in [-0.3, -0.25) is 4.79 Å². The molecule has 0 unspecified atom stereocenters. The van der Waals surface area contributed by atoms with Gasteiger partial charge in [0, 0.05) is 26.2 Å². The van der Waals surface area contributed by atoms with Crippen LogP contribution in [-0.4, -0.2) is 69.8 Å². The molecule has 0 aromatic heterocycles. The summed E-state index contributed by atoms with van der Waals surface area (Å²) < 4.78 is 78.2. The van der Waals surface area contributed by atoms with E-state index in [0.29, 0.717) is 11.5 Å². The summed E-state index contributed by atoms with van der Waals surface area (Å²) in [7, 11) is -2.43. The highest BCUT2D eigenvalue weighted by Gasteiger charge is 2.32. The molecule has 8 nitrogen and oxygen atoms in total. The summed E-state index contributed by atoms with van der Waals surface area (Å²) >= 11 is 0. The summed E-state index contributed by atoms with van der Waals surface area (Å²) in [6.45, 7) is 2.07. The Balaban J connectivity index is 1.56. The molecule has 1 aliphatic rings. The van der Waals surface area contributed by atoms with Crippen molar-refractivity contribution in [3.05, 3.63) is 48.0 Å². The highest BCUT2D eigenvalue weighted by Crippen LogP contribution is 2.28. The molecule has 3 rings (SSSR count). The van der Waals surface area contributed by atoms with Crippen LogP contribution in [0.1, 0.15) is 5.56 Å². The number of carbonyl (C=O) groups excluding carboxylic acids is 1. The third-order valence-corrected chi connectivity index (χ3v) is 6.87. The Morgan fingerprint density at radius 3 is 2.21 bits per heavy atom. The molecule has 0 atom stereocenters. The molecule has 0 radical (unpaired) electrons. The van der Waals surface area contributed by atoms with Gasteiger partial charge in [0.15, 0.2) is 18.1 Å². The zero-order valence-electron chi connectivity index (χ0n) is 18.0. The number of amides is 1. The third kappa shape index (κ3) is 6.29. The number of alkyl halides is 3. The number of hydrogen-bond acceptors (Lipinski definition) is 6. The molecule has 0 bridgehead atoms. The number of piperazine rings is 1. The summed E-state index contributed by atoms with van der Waals surface area (Å²) in [5, 5.41) is 0. The molecule has 1 saturated heterocycles. The lowest BCUT2D eigenvalue weighted by Gasteiger charge is -2.34. The van der Waals surface area contributed by atoms with Gasteiger partial charge in [0.05, 0.1) is 12.0 Å². The van der Waals surface area contributed by atoms with Gasteiger partial charge in [0.1, 0.15) is 5.75 Å². The number of sulfonamides is 1. The van der Waals surface area contributed by atoms with Gasteiger partial charge in [-0.1, -0.05) is 6.07 Å². The van der Waals surface area contributed by atoms with Gasteiger partial charge < -0.3 is 19.1 Å². The normalized spacial score (nSPS) is 15.2. The van der Waals surface area contributed by atoms with Crippen LogP contribution in [0.5, 0.6) is 17.2 Å². The third-order valence-electron chi connectivity index (χ3n) is 4.96. The molecule has 180 valence electrons. The van der Waals surface area contributed by atoms with Crippen LogP contribution >= 0.6 is 0 Å². The maximum Gasteiger partial charge on any atom is 0.573 e. The minimum absolute atomic E-state index is 0.0444. The molecule has 2 aromatic rings. The monoisotopic (exact) mass is 488 g/mol. The van der Waals surface area contributed by atoms with Gasteiger partial charge in [0.25, 0.3) is 5.91 Å². The van der Waals surface area contributed by atoms with E-state index in [4.69, 9.17) is 9.47 Å². The van der Waals surface area contributed by atoms with Gasteiger partial charge in [-0.05, 0) is 48.9 Å². The summed E-state index contributed by atoms with van der Waals surface area (Å²) in [4.78, 5) is 13.8. The molecule has 1 heterocycles. The first-order valence-corrected chi connectivity index (χ1v) is 11.3. The Morgan fingerprint density at radius 2 is 1.64 bits per heavy atom. The topological polar surface area (TPSA) is 85.4 Å². The van der Waals surface area contributed by atoms with Crippen LogP contribution in [0.4, 0.5) is 13.2 Å². The molecule has 1 aliphatic heterocycles. The predicted molar refractivity (Wildman–Crippen MR) is 112 cm³/mol. The Hall–Kier alpha value is -2.99. The molecule has 0 N–H and O–H groups in total. The van der Waals surface area contributed by atoms with E-state index >= 15 is 0 Å². The van der Waals surface area contributed by atoms with E-state index in [0.717, 1.165) is 29.8 Å². The molecule has 1 fully saturated rings. The van der Waals surface area contributed by atoms with E-state index in [1.807, 2.05) is 13.0 Å². The summed E-state index contributed by atoms with van der Waals surface area (Å²) in [6.07, 6.45) is -4.86. The standard InChI is InChI=1S/C21H23F3N2O6S/c1-15-3-8-18(19(13-15)30-2)31-14-20(27)25-9-11-26(12-10-25)33(28,29)17-6-4-16(5-7-17)32-21(22,23)24/h3-8,13H,9-12,14H2,1-2H3. The second kappa shape index (κ2) is 9.87. The maximum absolute atomic E-state index is 12.8. The number of halogens is 3. The Morgan fingerprint density at radius 1 is 1.00 bits per heavy atom. The number of hydrogen-bond donors (Lipinski definition) is 0. The molecular formula is C21H23F3N2O6S. The van der Waals surface area contributed by atoms with Gasteiger partial charge in [-0.2, -0.15) is 4.31 Å². The van der Waals surface area contributed by atoms with Crippen LogP contribution in [0.2, 0.25) is 0 Å². The SMILES string of the molecule is COc1cc(C)ccc1OCC(=O)N1CCN(S(=O)(=O)c2ccc(OC(F)(F)F)cc2)CC1. The van der Waals surface area contributed by atoms with Gasteiger partial charge in [-0.15, -0.1) is 13.2 Å². The molecular weight excluding hydrogens is 465 g/mol.